The van der Waals surface area contributed by atoms with E-state index in [1.807, 2.05) is 44.2 Å². The molecule has 5 nitrogen and oxygen atoms in total. The van der Waals surface area contributed by atoms with E-state index in [-0.39, 0.29) is 11.9 Å². The van der Waals surface area contributed by atoms with Gasteiger partial charge in [0.2, 0.25) is 0 Å². The van der Waals surface area contributed by atoms with Crippen LogP contribution in [0.15, 0.2) is 47.5 Å². The molecule has 0 fully saturated rings. The first-order valence-corrected chi connectivity index (χ1v) is 12.5. The molecule has 0 aliphatic heterocycles. The van der Waals surface area contributed by atoms with Crippen LogP contribution >= 0.6 is 11.3 Å². The molecule has 0 unspecified atom stereocenters. The highest BCUT2D eigenvalue weighted by Gasteiger charge is 2.24. The number of thiophene rings is 1. The maximum absolute atomic E-state index is 13.6. The van der Waals surface area contributed by atoms with Crippen LogP contribution in [0.3, 0.4) is 0 Å². The maximum atomic E-state index is 13.6. The lowest BCUT2D eigenvalue weighted by molar-refractivity contribution is 0.0600. The van der Waals surface area contributed by atoms with Gasteiger partial charge < -0.3 is 10.1 Å². The fourth-order valence-corrected chi connectivity index (χ4v) is 5.47. The average molecular weight is 475 g/mol. The Morgan fingerprint density at radius 3 is 2.47 bits per heavy atom. The van der Waals surface area contributed by atoms with Gasteiger partial charge >= 0.3 is 5.97 Å². The summed E-state index contributed by atoms with van der Waals surface area (Å²) in [5.41, 5.74) is 6.18. The number of aryl methyl sites for hydroxylation is 3. The minimum Gasteiger partial charge on any atom is -0.465 e. The SMILES string of the molecule is COC(=O)c1ccc(C=Nc2sc3c(c2C(=O)Nc2cc(C)ccc2C)CCCCCC3)cc1. The normalized spacial score (nSPS) is 13.7. The van der Waals surface area contributed by atoms with Gasteiger partial charge in [0.1, 0.15) is 5.00 Å². The minimum atomic E-state index is -0.369. The molecule has 0 spiro atoms. The summed E-state index contributed by atoms with van der Waals surface area (Å²) in [5, 5.41) is 3.89. The molecular weight excluding hydrogens is 444 g/mol. The smallest absolute Gasteiger partial charge is 0.337 e. The molecule has 34 heavy (non-hydrogen) atoms. The number of fused-ring (bicyclic) bond motifs is 1. The van der Waals surface area contributed by atoms with Crippen molar-refractivity contribution in [3.05, 3.63) is 80.7 Å². The number of amides is 1. The van der Waals surface area contributed by atoms with E-state index in [0.29, 0.717) is 11.1 Å². The molecule has 1 aromatic heterocycles. The van der Waals surface area contributed by atoms with Crippen LogP contribution in [0.5, 0.6) is 0 Å². The van der Waals surface area contributed by atoms with Crippen LogP contribution in [0.2, 0.25) is 0 Å². The topological polar surface area (TPSA) is 67.8 Å². The van der Waals surface area contributed by atoms with E-state index in [1.54, 1.807) is 29.7 Å². The first-order chi connectivity index (χ1) is 16.5. The van der Waals surface area contributed by atoms with Gasteiger partial charge in [0.05, 0.1) is 18.2 Å². The largest absolute Gasteiger partial charge is 0.465 e. The molecule has 6 heteroatoms. The number of carbonyl (C=O) groups excluding carboxylic acids is 2. The number of rotatable bonds is 5. The van der Waals surface area contributed by atoms with Crippen molar-refractivity contribution in [3.8, 4) is 0 Å². The molecule has 2 aromatic carbocycles. The van der Waals surface area contributed by atoms with Crippen LogP contribution in [-0.2, 0) is 17.6 Å². The summed E-state index contributed by atoms with van der Waals surface area (Å²) in [5.74, 6) is -0.466. The molecule has 3 aromatic rings. The third-order valence-electron chi connectivity index (χ3n) is 6.18. The molecule has 1 amide bonds. The van der Waals surface area contributed by atoms with Gasteiger partial charge in [-0.05, 0) is 80.0 Å². The van der Waals surface area contributed by atoms with Gasteiger partial charge in [0.15, 0.2) is 0 Å². The quantitative estimate of drug-likeness (QED) is 0.326. The van der Waals surface area contributed by atoms with Crippen molar-refractivity contribution in [1.82, 2.24) is 0 Å². The first-order valence-electron chi connectivity index (χ1n) is 11.7. The number of hydrogen-bond acceptors (Lipinski definition) is 5. The summed E-state index contributed by atoms with van der Waals surface area (Å²) < 4.78 is 4.76. The molecule has 0 saturated heterocycles. The minimum absolute atomic E-state index is 0.0973. The Morgan fingerprint density at radius 1 is 1.00 bits per heavy atom. The lowest BCUT2D eigenvalue weighted by Crippen LogP contribution is -2.15. The number of aliphatic imine (C=N–C) groups is 1. The highest BCUT2D eigenvalue weighted by Crippen LogP contribution is 2.39. The van der Waals surface area contributed by atoms with Gasteiger partial charge in [-0.3, -0.25) is 4.79 Å². The molecule has 0 saturated carbocycles. The number of nitrogens with zero attached hydrogens (tertiary/aromatic N) is 1. The molecule has 0 radical (unpaired) electrons. The maximum Gasteiger partial charge on any atom is 0.337 e. The summed E-state index contributed by atoms with van der Waals surface area (Å²) in [6.07, 6.45) is 8.31. The Balaban J connectivity index is 1.68. The van der Waals surface area contributed by atoms with Gasteiger partial charge in [-0.15, -0.1) is 11.3 Å². The molecule has 176 valence electrons. The van der Waals surface area contributed by atoms with Crippen molar-refractivity contribution in [3.63, 3.8) is 0 Å². The lowest BCUT2D eigenvalue weighted by Gasteiger charge is -2.13. The van der Waals surface area contributed by atoms with Crippen LogP contribution in [0, 0.1) is 13.8 Å². The fraction of sp³-hybridized carbons (Fsp3) is 0.321. The fourth-order valence-electron chi connectivity index (χ4n) is 4.24. The van der Waals surface area contributed by atoms with E-state index in [9.17, 15) is 9.59 Å². The molecule has 1 aliphatic carbocycles. The Hall–Kier alpha value is -3.25. The van der Waals surface area contributed by atoms with Gasteiger partial charge in [0.25, 0.3) is 5.91 Å². The average Bonchev–Trinajstić information content (AvgIpc) is 3.16. The van der Waals surface area contributed by atoms with Crippen LogP contribution < -0.4 is 5.32 Å². The second-order valence-corrected chi connectivity index (χ2v) is 9.83. The van der Waals surface area contributed by atoms with Crippen LogP contribution in [0.4, 0.5) is 10.7 Å². The molecule has 1 heterocycles. The van der Waals surface area contributed by atoms with E-state index in [0.717, 1.165) is 58.6 Å². The van der Waals surface area contributed by atoms with Crippen molar-refractivity contribution in [2.24, 2.45) is 4.99 Å². The van der Waals surface area contributed by atoms with Gasteiger partial charge in [-0.2, -0.15) is 0 Å². The van der Waals surface area contributed by atoms with Crippen molar-refractivity contribution < 1.29 is 14.3 Å². The van der Waals surface area contributed by atoms with E-state index >= 15 is 0 Å². The lowest BCUT2D eigenvalue weighted by atomic mass is 9.96. The van der Waals surface area contributed by atoms with E-state index in [1.165, 1.54) is 24.8 Å². The number of ether oxygens (including phenoxy) is 1. The van der Waals surface area contributed by atoms with Crippen molar-refractivity contribution >= 4 is 40.1 Å². The summed E-state index contributed by atoms with van der Waals surface area (Å²) in [6, 6.07) is 13.2. The number of esters is 1. The third kappa shape index (κ3) is 5.45. The number of carbonyl (C=O) groups is 2. The predicted octanol–water partition coefficient (Wildman–Crippen LogP) is 6.81. The second kappa shape index (κ2) is 10.8. The molecule has 0 bridgehead atoms. The zero-order chi connectivity index (χ0) is 24.1. The molecule has 0 atom stereocenters. The number of nitrogens with one attached hydrogen (secondary N) is 1. The molecule has 1 aliphatic rings. The van der Waals surface area contributed by atoms with Gasteiger partial charge in [-0.1, -0.05) is 37.1 Å². The first kappa shape index (κ1) is 23.9. The predicted molar refractivity (Wildman–Crippen MR) is 139 cm³/mol. The standard InChI is InChI=1S/C28H30N2O3S/c1-18-10-11-19(2)23(16-18)30-26(31)25-22-8-6-4-5-7-9-24(22)34-27(25)29-17-20-12-14-21(15-13-20)28(32)33-3/h10-17H,4-9H2,1-3H3,(H,30,31). The molecular formula is C28H30N2O3S. The Labute approximate surface area is 204 Å². The van der Waals surface area contributed by atoms with Crippen molar-refractivity contribution in [2.45, 2.75) is 52.4 Å². The molecule has 4 rings (SSSR count). The number of hydrogen-bond donors (Lipinski definition) is 1. The Kier molecular flexibility index (Phi) is 7.58. The van der Waals surface area contributed by atoms with E-state index < -0.39 is 0 Å². The monoisotopic (exact) mass is 474 g/mol. The summed E-state index contributed by atoms with van der Waals surface area (Å²) in [6.45, 7) is 4.03. The Bertz CT molecular complexity index is 1230. The summed E-state index contributed by atoms with van der Waals surface area (Å²) >= 11 is 1.63. The van der Waals surface area contributed by atoms with Gasteiger partial charge in [0, 0.05) is 16.8 Å². The third-order valence-corrected chi connectivity index (χ3v) is 7.38. The van der Waals surface area contributed by atoms with Gasteiger partial charge in [-0.25, -0.2) is 9.79 Å². The zero-order valence-electron chi connectivity index (χ0n) is 19.9. The number of methoxy groups -OCH3 is 1. The second-order valence-electron chi connectivity index (χ2n) is 8.74. The summed E-state index contributed by atoms with van der Waals surface area (Å²) in [4.78, 5) is 31.3. The highest BCUT2D eigenvalue weighted by atomic mass is 32.1. The van der Waals surface area contributed by atoms with E-state index in [4.69, 9.17) is 9.73 Å². The summed E-state index contributed by atoms with van der Waals surface area (Å²) in [7, 11) is 1.37. The highest BCUT2D eigenvalue weighted by molar-refractivity contribution is 7.16. The van der Waals surface area contributed by atoms with E-state index in [2.05, 4.69) is 5.32 Å². The molecule has 1 N–H and O–H groups in total. The number of benzene rings is 2. The zero-order valence-corrected chi connectivity index (χ0v) is 20.8. The Morgan fingerprint density at radius 2 is 1.74 bits per heavy atom. The van der Waals surface area contributed by atoms with Crippen LogP contribution in [0.25, 0.3) is 0 Å². The van der Waals surface area contributed by atoms with Crippen molar-refractivity contribution in [2.75, 3.05) is 12.4 Å². The number of anilines is 1. The van der Waals surface area contributed by atoms with Crippen molar-refractivity contribution in [1.29, 1.82) is 0 Å². The van der Waals surface area contributed by atoms with Crippen LogP contribution in [0.1, 0.15) is 73.5 Å². The van der Waals surface area contributed by atoms with Crippen LogP contribution in [-0.4, -0.2) is 25.2 Å².